The molecule has 0 saturated heterocycles. The summed E-state index contributed by atoms with van der Waals surface area (Å²) >= 11 is 0. The van der Waals surface area contributed by atoms with E-state index in [0.29, 0.717) is 0 Å². The topological polar surface area (TPSA) is 81.0 Å². The summed E-state index contributed by atoms with van der Waals surface area (Å²) in [7, 11) is 1.37. The molecule has 0 spiro atoms. The maximum atomic E-state index is 10.6. The number of hydrogen-bond acceptors (Lipinski definition) is 4. The molecule has 0 aliphatic rings. The molecule has 0 unspecified atom stereocenters. The standard InChI is InChI=1S/C5H6N2O3.2Na/c1-7-4(8)2-3(6-7)5(9)10;;/h2,8H,1H3,(H,9,10);;/q;2*+1/p-2. The summed E-state index contributed by atoms with van der Waals surface area (Å²) in [6.45, 7) is 0. The van der Waals surface area contributed by atoms with Crippen LogP contribution in [0.1, 0.15) is 10.5 Å². The number of aryl methyl sites for hydroxylation is 1. The number of rotatable bonds is 1. The van der Waals surface area contributed by atoms with Gasteiger partial charge in [-0.05, 0) is 11.9 Å². The van der Waals surface area contributed by atoms with Crippen molar-refractivity contribution >= 4 is 5.97 Å². The van der Waals surface area contributed by atoms with Crippen molar-refractivity contribution in [2.24, 2.45) is 7.05 Å². The molecule has 0 N–H and O–H groups in total. The second-order valence-electron chi connectivity index (χ2n) is 1.78. The Bertz CT molecular complexity index is 254. The van der Waals surface area contributed by atoms with Gasteiger partial charge in [-0.3, -0.25) is 4.68 Å². The molecule has 0 amide bonds. The van der Waals surface area contributed by atoms with Crippen LogP contribution in [0.25, 0.3) is 0 Å². The van der Waals surface area contributed by atoms with Crippen LogP contribution >= 0.6 is 0 Å². The first-order valence-electron chi connectivity index (χ1n) is 2.53. The van der Waals surface area contributed by atoms with Gasteiger partial charge in [-0.1, -0.05) is 0 Å². The fourth-order valence-corrected chi connectivity index (χ4v) is 0.550. The molecule has 1 aromatic heterocycles. The van der Waals surface area contributed by atoms with Gasteiger partial charge in [0.15, 0.2) is 0 Å². The number of aromatic nitrogens is 2. The SMILES string of the molecule is Cn1nc(C(=O)[O-])cc1[O-].[Na+].[Na+]. The Labute approximate surface area is 113 Å². The van der Waals surface area contributed by atoms with E-state index in [1.54, 1.807) is 0 Å². The predicted octanol–water partition coefficient (Wildman–Crippen LogP) is -8.13. The van der Waals surface area contributed by atoms with Crippen LogP contribution in [0.15, 0.2) is 6.07 Å². The second kappa shape index (κ2) is 6.01. The molecule has 1 heterocycles. The normalized spacial score (nSPS) is 8.08. The van der Waals surface area contributed by atoms with E-state index in [0.717, 1.165) is 10.7 Å². The Balaban J connectivity index is 0. The number of carboxylic acid groups (broad SMARTS) is 1. The van der Waals surface area contributed by atoms with Crippen LogP contribution in [0.3, 0.4) is 0 Å². The number of nitrogens with zero attached hydrogens (tertiary/aromatic N) is 2. The molecule has 0 aliphatic heterocycles. The Morgan fingerprint density at radius 3 is 2.25 bits per heavy atom. The van der Waals surface area contributed by atoms with Crippen molar-refractivity contribution in [3.05, 3.63) is 11.8 Å². The van der Waals surface area contributed by atoms with Crippen molar-refractivity contribution in [1.82, 2.24) is 9.78 Å². The molecule has 1 aromatic rings. The van der Waals surface area contributed by atoms with Crippen molar-refractivity contribution in [3.8, 4) is 5.88 Å². The van der Waals surface area contributed by atoms with E-state index in [1.807, 2.05) is 0 Å². The van der Waals surface area contributed by atoms with Gasteiger partial charge in [0, 0.05) is 7.05 Å². The summed E-state index contributed by atoms with van der Waals surface area (Å²) in [6, 6.07) is 0.912. The van der Waals surface area contributed by atoms with Crippen LogP contribution < -0.4 is 69.3 Å². The molecule has 0 aromatic carbocycles. The van der Waals surface area contributed by atoms with E-state index < -0.39 is 11.8 Å². The Morgan fingerprint density at radius 2 is 2.08 bits per heavy atom. The molecule has 12 heavy (non-hydrogen) atoms. The largest absolute Gasteiger partial charge is 1.00 e. The first kappa shape index (κ1) is 15.0. The van der Waals surface area contributed by atoms with E-state index in [4.69, 9.17) is 0 Å². The van der Waals surface area contributed by atoms with Crippen LogP contribution in [0.2, 0.25) is 0 Å². The maximum absolute atomic E-state index is 10.6. The number of aromatic carboxylic acids is 1. The van der Waals surface area contributed by atoms with Crippen LogP contribution in [0.4, 0.5) is 0 Å². The molecular formula is C5H4N2Na2O3. The number of carbonyl (C=O) groups excluding carboxylic acids is 1. The molecule has 0 atom stereocenters. The first-order chi connectivity index (χ1) is 4.61. The second-order valence-corrected chi connectivity index (χ2v) is 1.78. The van der Waals surface area contributed by atoms with Crippen molar-refractivity contribution in [2.75, 3.05) is 0 Å². The minimum absolute atomic E-state index is 0. The summed E-state index contributed by atoms with van der Waals surface area (Å²) in [5.74, 6) is -1.88. The predicted molar refractivity (Wildman–Crippen MR) is 27.0 cm³/mol. The van der Waals surface area contributed by atoms with Crippen LogP contribution in [-0.2, 0) is 7.05 Å². The fourth-order valence-electron chi connectivity index (χ4n) is 0.550. The Morgan fingerprint density at radius 1 is 1.58 bits per heavy atom. The van der Waals surface area contributed by atoms with Gasteiger partial charge < -0.3 is 15.0 Å². The van der Waals surface area contributed by atoms with Crippen molar-refractivity contribution in [3.63, 3.8) is 0 Å². The van der Waals surface area contributed by atoms with Crippen molar-refractivity contribution < 1.29 is 74.1 Å². The summed E-state index contributed by atoms with van der Waals surface area (Å²) in [5, 5.41) is 23.9. The number of carbonyl (C=O) groups is 1. The smallest absolute Gasteiger partial charge is 0.859 e. The Kier molecular flexibility index (Phi) is 7.50. The monoisotopic (exact) mass is 186 g/mol. The third kappa shape index (κ3) is 3.47. The molecule has 0 saturated carbocycles. The van der Waals surface area contributed by atoms with Crippen LogP contribution in [0.5, 0.6) is 5.88 Å². The minimum Gasteiger partial charge on any atom is -0.859 e. The molecule has 1 rings (SSSR count). The van der Waals surface area contributed by atoms with Gasteiger partial charge in [0.25, 0.3) is 0 Å². The number of carboxylic acids is 1. The molecule has 54 valence electrons. The van der Waals surface area contributed by atoms with Gasteiger partial charge in [-0.15, -0.1) is 0 Å². The zero-order valence-electron chi connectivity index (χ0n) is 7.20. The molecule has 7 heteroatoms. The molecule has 0 fully saturated rings. The summed E-state index contributed by atoms with van der Waals surface area (Å²) < 4.78 is 0.936. The Hall–Kier alpha value is 0.480. The van der Waals surface area contributed by atoms with Crippen LogP contribution in [0, 0.1) is 0 Å². The summed E-state index contributed by atoms with van der Waals surface area (Å²) in [5.41, 5.74) is -0.326. The summed E-state index contributed by atoms with van der Waals surface area (Å²) in [6.07, 6.45) is 0. The molecule has 0 bridgehead atoms. The summed E-state index contributed by atoms with van der Waals surface area (Å²) in [4.78, 5) is 10.0. The van der Waals surface area contributed by atoms with Gasteiger partial charge in [0.1, 0.15) is 5.69 Å². The van der Waals surface area contributed by atoms with E-state index in [9.17, 15) is 15.0 Å². The maximum Gasteiger partial charge on any atom is 1.00 e. The van der Waals surface area contributed by atoms with Crippen molar-refractivity contribution in [1.29, 1.82) is 0 Å². The molecular weight excluding hydrogens is 182 g/mol. The zero-order chi connectivity index (χ0) is 7.72. The van der Waals surface area contributed by atoms with E-state index in [2.05, 4.69) is 5.10 Å². The van der Waals surface area contributed by atoms with Gasteiger partial charge in [-0.25, -0.2) is 0 Å². The van der Waals surface area contributed by atoms with E-state index in [-0.39, 0.29) is 64.8 Å². The van der Waals surface area contributed by atoms with Gasteiger partial charge in [0.2, 0.25) is 0 Å². The van der Waals surface area contributed by atoms with E-state index >= 15 is 0 Å². The minimum atomic E-state index is -1.43. The molecule has 5 nitrogen and oxygen atoms in total. The zero-order valence-corrected chi connectivity index (χ0v) is 11.2. The van der Waals surface area contributed by atoms with Crippen LogP contribution in [-0.4, -0.2) is 15.7 Å². The van der Waals surface area contributed by atoms with Gasteiger partial charge >= 0.3 is 59.1 Å². The first-order valence-corrected chi connectivity index (χ1v) is 2.53. The van der Waals surface area contributed by atoms with Crippen molar-refractivity contribution in [2.45, 2.75) is 0 Å². The average molecular weight is 186 g/mol. The van der Waals surface area contributed by atoms with Gasteiger partial charge in [0.05, 0.1) is 5.97 Å². The number of hydrogen-bond donors (Lipinski definition) is 0. The van der Waals surface area contributed by atoms with Gasteiger partial charge in [-0.2, -0.15) is 5.10 Å². The molecule has 0 radical (unpaired) electrons. The van der Waals surface area contributed by atoms with E-state index in [1.165, 1.54) is 7.05 Å². The fraction of sp³-hybridized carbons (Fsp3) is 0.200. The third-order valence-corrected chi connectivity index (χ3v) is 1.05. The third-order valence-electron chi connectivity index (χ3n) is 1.05. The average Bonchev–Trinajstić information content (AvgIpc) is 2.13. The molecule has 0 aliphatic carbocycles. The quantitative estimate of drug-likeness (QED) is 0.408.